The first-order chi connectivity index (χ1) is 15.2. The SMILES string of the molecule is CCCCOc1ccc(C(=O)Nc2ccccc2-c2nc(-c3ccccn3)no2)cc1. The Morgan fingerprint density at radius 3 is 2.61 bits per heavy atom. The van der Waals surface area contributed by atoms with Crippen LogP contribution >= 0.6 is 0 Å². The first kappa shape index (κ1) is 20.3. The molecular weight excluding hydrogens is 392 g/mol. The molecule has 0 aliphatic heterocycles. The molecule has 0 radical (unpaired) electrons. The summed E-state index contributed by atoms with van der Waals surface area (Å²) in [7, 11) is 0. The third-order valence-corrected chi connectivity index (χ3v) is 4.61. The van der Waals surface area contributed by atoms with Crippen LogP contribution in [-0.2, 0) is 0 Å². The van der Waals surface area contributed by atoms with Crippen LogP contribution in [0.25, 0.3) is 23.0 Å². The Balaban J connectivity index is 1.50. The summed E-state index contributed by atoms with van der Waals surface area (Å²) in [6.45, 7) is 2.78. The van der Waals surface area contributed by atoms with Crippen molar-refractivity contribution in [3.05, 3.63) is 78.5 Å². The maximum atomic E-state index is 12.8. The van der Waals surface area contributed by atoms with Crippen LogP contribution < -0.4 is 10.1 Å². The van der Waals surface area contributed by atoms with E-state index < -0.39 is 0 Å². The number of nitrogens with zero attached hydrogens (tertiary/aromatic N) is 3. The molecule has 0 unspecified atom stereocenters. The standard InChI is InChI=1S/C24H22N4O3/c1-2-3-16-30-18-13-11-17(12-14-18)23(29)26-20-9-5-4-8-19(20)24-27-22(28-31-24)21-10-6-7-15-25-21/h4-15H,2-3,16H2,1H3,(H,26,29). The second-order valence-corrected chi connectivity index (χ2v) is 6.86. The number of benzene rings is 2. The highest BCUT2D eigenvalue weighted by Crippen LogP contribution is 2.28. The lowest BCUT2D eigenvalue weighted by Gasteiger charge is -2.09. The van der Waals surface area contributed by atoms with Gasteiger partial charge in [-0.2, -0.15) is 4.98 Å². The van der Waals surface area contributed by atoms with Gasteiger partial charge in [-0.05, 0) is 55.0 Å². The van der Waals surface area contributed by atoms with Crippen LogP contribution in [0.15, 0.2) is 77.4 Å². The van der Waals surface area contributed by atoms with E-state index in [1.807, 2.05) is 30.3 Å². The molecule has 7 nitrogen and oxygen atoms in total. The van der Waals surface area contributed by atoms with Crippen molar-refractivity contribution in [1.29, 1.82) is 0 Å². The van der Waals surface area contributed by atoms with Gasteiger partial charge in [-0.1, -0.05) is 36.7 Å². The minimum absolute atomic E-state index is 0.239. The zero-order valence-electron chi connectivity index (χ0n) is 17.1. The minimum atomic E-state index is -0.239. The monoisotopic (exact) mass is 414 g/mol. The van der Waals surface area contributed by atoms with E-state index in [9.17, 15) is 4.79 Å². The number of hydrogen-bond acceptors (Lipinski definition) is 6. The molecule has 0 bridgehead atoms. The summed E-state index contributed by atoms with van der Waals surface area (Å²) in [5, 5.41) is 6.93. The van der Waals surface area contributed by atoms with Gasteiger partial charge in [0.25, 0.3) is 11.8 Å². The molecule has 0 saturated carbocycles. The highest BCUT2D eigenvalue weighted by molar-refractivity contribution is 6.06. The van der Waals surface area contributed by atoms with Crippen molar-refractivity contribution >= 4 is 11.6 Å². The fraction of sp³-hybridized carbons (Fsp3) is 0.167. The van der Waals surface area contributed by atoms with Gasteiger partial charge in [0.2, 0.25) is 5.82 Å². The van der Waals surface area contributed by atoms with Crippen LogP contribution in [0.2, 0.25) is 0 Å². The van der Waals surface area contributed by atoms with E-state index >= 15 is 0 Å². The van der Waals surface area contributed by atoms with Crippen LogP contribution in [0, 0.1) is 0 Å². The second kappa shape index (κ2) is 9.67. The van der Waals surface area contributed by atoms with Gasteiger partial charge in [-0.25, -0.2) is 0 Å². The van der Waals surface area contributed by atoms with Crippen LogP contribution in [0.3, 0.4) is 0 Å². The number of hydrogen-bond donors (Lipinski definition) is 1. The van der Waals surface area contributed by atoms with Gasteiger partial charge in [-0.3, -0.25) is 9.78 Å². The third kappa shape index (κ3) is 4.95. The average Bonchev–Trinajstić information content (AvgIpc) is 3.31. The number of pyridine rings is 1. The van der Waals surface area contributed by atoms with E-state index in [1.165, 1.54) is 0 Å². The van der Waals surface area contributed by atoms with Crippen molar-refractivity contribution in [1.82, 2.24) is 15.1 Å². The Morgan fingerprint density at radius 1 is 1.03 bits per heavy atom. The van der Waals surface area contributed by atoms with E-state index in [1.54, 1.807) is 42.6 Å². The molecular formula is C24H22N4O3. The fourth-order valence-corrected chi connectivity index (χ4v) is 2.94. The zero-order chi connectivity index (χ0) is 21.5. The Bertz CT molecular complexity index is 1140. The summed E-state index contributed by atoms with van der Waals surface area (Å²) in [5.74, 6) is 1.20. The Hall–Kier alpha value is -4.00. The predicted molar refractivity (Wildman–Crippen MR) is 118 cm³/mol. The first-order valence-corrected chi connectivity index (χ1v) is 10.1. The maximum absolute atomic E-state index is 12.8. The highest BCUT2D eigenvalue weighted by atomic mass is 16.5. The Labute approximate surface area is 180 Å². The van der Waals surface area contributed by atoms with Gasteiger partial charge in [0.15, 0.2) is 0 Å². The number of rotatable bonds is 8. The molecule has 0 atom stereocenters. The van der Waals surface area contributed by atoms with Gasteiger partial charge >= 0.3 is 0 Å². The zero-order valence-corrected chi connectivity index (χ0v) is 17.1. The quantitative estimate of drug-likeness (QED) is 0.397. The predicted octanol–water partition coefficient (Wildman–Crippen LogP) is 5.23. The Morgan fingerprint density at radius 2 is 1.84 bits per heavy atom. The molecule has 2 aromatic heterocycles. The van der Waals surface area contributed by atoms with Crippen molar-refractivity contribution in [2.75, 3.05) is 11.9 Å². The normalized spacial score (nSPS) is 10.6. The van der Waals surface area contributed by atoms with E-state index in [0.717, 1.165) is 18.6 Å². The van der Waals surface area contributed by atoms with Gasteiger partial charge in [0, 0.05) is 11.8 Å². The molecule has 156 valence electrons. The molecule has 2 heterocycles. The molecule has 31 heavy (non-hydrogen) atoms. The molecule has 2 aromatic carbocycles. The summed E-state index contributed by atoms with van der Waals surface area (Å²) in [6.07, 6.45) is 3.74. The smallest absolute Gasteiger partial charge is 0.260 e. The van der Waals surface area contributed by atoms with E-state index in [2.05, 4.69) is 27.4 Å². The molecule has 0 saturated heterocycles. The van der Waals surface area contributed by atoms with E-state index in [4.69, 9.17) is 9.26 Å². The Kier molecular flexibility index (Phi) is 6.32. The number of unbranched alkanes of at least 4 members (excludes halogenated alkanes) is 1. The third-order valence-electron chi connectivity index (χ3n) is 4.61. The topological polar surface area (TPSA) is 90.1 Å². The molecule has 0 aliphatic rings. The molecule has 0 fully saturated rings. The van der Waals surface area contributed by atoms with Gasteiger partial charge in [-0.15, -0.1) is 0 Å². The number of anilines is 1. The fourth-order valence-electron chi connectivity index (χ4n) is 2.94. The van der Waals surface area contributed by atoms with Crippen LogP contribution in [0.4, 0.5) is 5.69 Å². The van der Waals surface area contributed by atoms with Gasteiger partial charge < -0.3 is 14.6 Å². The minimum Gasteiger partial charge on any atom is -0.494 e. The second-order valence-electron chi connectivity index (χ2n) is 6.86. The number of amides is 1. The number of carbonyl (C=O) groups excluding carboxylic acids is 1. The summed E-state index contributed by atoms with van der Waals surface area (Å²) in [6, 6.07) is 19.8. The number of nitrogens with one attached hydrogen (secondary N) is 1. The van der Waals surface area contributed by atoms with Gasteiger partial charge in [0.1, 0.15) is 11.4 Å². The van der Waals surface area contributed by atoms with Gasteiger partial charge in [0.05, 0.1) is 17.9 Å². The molecule has 1 N–H and O–H groups in total. The summed E-state index contributed by atoms with van der Waals surface area (Å²) < 4.78 is 11.1. The number of ether oxygens (including phenoxy) is 1. The van der Waals surface area contributed by atoms with Crippen LogP contribution in [0.5, 0.6) is 5.75 Å². The molecule has 1 amide bonds. The highest BCUT2D eigenvalue weighted by Gasteiger charge is 2.16. The summed E-state index contributed by atoms with van der Waals surface area (Å²) in [4.78, 5) is 21.4. The van der Waals surface area contributed by atoms with Crippen molar-refractivity contribution in [3.63, 3.8) is 0 Å². The number of carbonyl (C=O) groups is 1. The molecule has 7 heteroatoms. The maximum Gasteiger partial charge on any atom is 0.260 e. The lowest BCUT2D eigenvalue weighted by molar-refractivity contribution is 0.102. The van der Waals surface area contributed by atoms with E-state index in [-0.39, 0.29) is 5.91 Å². The molecule has 0 spiro atoms. The average molecular weight is 414 g/mol. The first-order valence-electron chi connectivity index (χ1n) is 10.1. The number of para-hydroxylation sites is 1. The van der Waals surface area contributed by atoms with Crippen molar-refractivity contribution in [2.24, 2.45) is 0 Å². The van der Waals surface area contributed by atoms with Crippen molar-refractivity contribution in [2.45, 2.75) is 19.8 Å². The largest absolute Gasteiger partial charge is 0.494 e. The van der Waals surface area contributed by atoms with Crippen molar-refractivity contribution < 1.29 is 14.1 Å². The molecule has 4 aromatic rings. The van der Waals surface area contributed by atoms with E-state index in [0.29, 0.717) is 40.8 Å². The van der Waals surface area contributed by atoms with Crippen LogP contribution in [0.1, 0.15) is 30.1 Å². The lowest BCUT2D eigenvalue weighted by atomic mass is 10.1. The van der Waals surface area contributed by atoms with Crippen molar-refractivity contribution in [3.8, 4) is 28.7 Å². The van der Waals surface area contributed by atoms with Crippen LogP contribution in [-0.4, -0.2) is 27.6 Å². The summed E-state index contributed by atoms with van der Waals surface area (Å²) in [5.41, 5.74) is 2.34. The molecule has 4 rings (SSSR count). The summed E-state index contributed by atoms with van der Waals surface area (Å²) >= 11 is 0. The lowest BCUT2D eigenvalue weighted by Crippen LogP contribution is -2.12. The number of aromatic nitrogens is 3. The molecule has 0 aliphatic carbocycles.